The number of aryl methyl sites for hydroxylation is 2. The summed E-state index contributed by atoms with van der Waals surface area (Å²) in [6, 6.07) is 5.96. The fourth-order valence-electron chi connectivity index (χ4n) is 2.83. The minimum Gasteiger partial charge on any atom is -0.393 e. The van der Waals surface area contributed by atoms with Crippen molar-refractivity contribution in [2.75, 3.05) is 13.2 Å². The molecule has 2 rings (SSSR count). The molecule has 0 amide bonds. The minimum atomic E-state index is -0.798. The molecule has 0 fully saturated rings. The van der Waals surface area contributed by atoms with Crippen LogP contribution in [0.1, 0.15) is 46.5 Å². The Morgan fingerprint density at radius 3 is 2.56 bits per heavy atom. The van der Waals surface area contributed by atoms with Gasteiger partial charge in [-0.25, -0.2) is 0 Å². The Kier molecular flexibility index (Phi) is 6.78. The topological polar surface area (TPSA) is 68.5 Å². The van der Waals surface area contributed by atoms with Gasteiger partial charge in [0.1, 0.15) is 6.61 Å². The van der Waals surface area contributed by atoms with E-state index in [-0.39, 0.29) is 24.6 Å². The maximum atomic E-state index is 12.8. The van der Waals surface area contributed by atoms with Crippen LogP contribution in [0.5, 0.6) is 0 Å². The van der Waals surface area contributed by atoms with E-state index < -0.39 is 5.60 Å². The molecule has 0 saturated heterocycles. The van der Waals surface area contributed by atoms with Gasteiger partial charge in [-0.05, 0) is 62.9 Å². The Morgan fingerprint density at radius 1 is 1.30 bits per heavy atom. The van der Waals surface area contributed by atoms with Crippen LogP contribution >= 0.6 is 15.9 Å². The standard InChI is InChI=1S/C21H26BrNO4/c1-13-8-16(22)7-6-15(13)9-17-14(2)20(26)23(5)10-18(17)19(25)11-27-21(3,4)12-24/h6-8,10,24H,9,11-12H2,1-5H3. The molecule has 1 heterocycles. The first kappa shape index (κ1) is 21.5. The molecule has 0 aliphatic carbocycles. The Balaban J connectivity index is 2.45. The number of carbonyl (C=O) groups is 1. The van der Waals surface area contributed by atoms with Gasteiger partial charge in [0, 0.05) is 28.8 Å². The van der Waals surface area contributed by atoms with Crippen molar-refractivity contribution in [3.05, 3.63) is 67.0 Å². The van der Waals surface area contributed by atoms with Crippen LogP contribution in [0.2, 0.25) is 0 Å². The van der Waals surface area contributed by atoms with Gasteiger partial charge >= 0.3 is 0 Å². The maximum Gasteiger partial charge on any atom is 0.253 e. The van der Waals surface area contributed by atoms with Gasteiger partial charge in [-0.15, -0.1) is 0 Å². The normalized spacial score (nSPS) is 11.7. The highest BCUT2D eigenvalue weighted by atomic mass is 79.9. The quantitative estimate of drug-likeness (QED) is 0.677. The number of hydrogen-bond donors (Lipinski definition) is 1. The molecule has 0 spiro atoms. The van der Waals surface area contributed by atoms with Gasteiger partial charge in [-0.1, -0.05) is 22.0 Å². The van der Waals surface area contributed by atoms with Crippen LogP contribution in [-0.2, 0) is 18.2 Å². The number of aliphatic hydroxyl groups excluding tert-OH is 1. The maximum absolute atomic E-state index is 12.8. The van der Waals surface area contributed by atoms with E-state index in [9.17, 15) is 14.7 Å². The first-order valence-corrected chi connectivity index (χ1v) is 9.57. The van der Waals surface area contributed by atoms with Gasteiger partial charge in [0.2, 0.25) is 0 Å². The zero-order valence-corrected chi connectivity index (χ0v) is 18.0. The lowest BCUT2D eigenvalue weighted by Crippen LogP contribution is -2.32. The van der Waals surface area contributed by atoms with Crippen molar-refractivity contribution in [3.8, 4) is 0 Å². The van der Waals surface area contributed by atoms with E-state index in [1.165, 1.54) is 4.57 Å². The summed E-state index contributed by atoms with van der Waals surface area (Å²) >= 11 is 3.46. The largest absolute Gasteiger partial charge is 0.393 e. The average molecular weight is 436 g/mol. The molecular formula is C21H26BrNO4. The van der Waals surface area contributed by atoms with Crippen LogP contribution in [0.15, 0.2) is 33.7 Å². The highest BCUT2D eigenvalue weighted by Crippen LogP contribution is 2.22. The number of nitrogens with zero attached hydrogens (tertiary/aromatic N) is 1. The molecule has 0 aliphatic heterocycles. The fourth-order valence-corrected chi connectivity index (χ4v) is 3.30. The second-order valence-electron chi connectivity index (χ2n) is 7.44. The Hall–Kier alpha value is -1.76. The van der Waals surface area contributed by atoms with E-state index in [1.807, 2.05) is 25.1 Å². The molecule has 5 nitrogen and oxygen atoms in total. The third-order valence-corrected chi connectivity index (χ3v) is 5.18. The molecule has 0 atom stereocenters. The number of hydrogen-bond acceptors (Lipinski definition) is 4. The second kappa shape index (κ2) is 8.50. The van der Waals surface area contributed by atoms with Gasteiger partial charge in [0.15, 0.2) is 5.78 Å². The second-order valence-corrected chi connectivity index (χ2v) is 8.36. The van der Waals surface area contributed by atoms with E-state index in [2.05, 4.69) is 15.9 Å². The number of ketones is 1. The molecule has 6 heteroatoms. The van der Waals surface area contributed by atoms with Crippen LogP contribution in [0.25, 0.3) is 0 Å². The highest BCUT2D eigenvalue weighted by Gasteiger charge is 2.22. The average Bonchev–Trinajstić information content (AvgIpc) is 2.61. The summed E-state index contributed by atoms with van der Waals surface area (Å²) in [6.45, 7) is 6.86. The molecular weight excluding hydrogens is 410 g/mol. The van der Waals surface area contributed by atoms with Crippen LogP contribution in [0.4, 0.5) is 0 Å². The number of aliphatic hydroxyl groups is 1. The predicted octanol–water partition coefficient (Wildman–Crippen LogP) is 3.33. The number of carbonyl (C=O) groups excluding carboxylic acids is 1. The SMILES string of the molecule is Cc1cc(Br)ccc1Cc1c(C(=O)COC(C)(C)CO)cn(C)c(=O)c1C. The van der Waals surface area contributed by atoms with Crippen molar-refractivity contribution < 1.29 is 14.6 Å². The van der Waals surface area contributed by atoms with Gasteiger partial charge in [0.25, 0.3) is 5.56 Å². The Bertz CT molecular complexity index is 915. The van der Waals surface area contributed by atoms with Crippen molar-refractivity contribution in [3.63, 3.8) is 0 Å². The molecule has 1 N–H and O–H groups in total. The Morgan fingerprint density at radius 2 is 1.96 bits per heavy atom. The molecule has 0 unspecified atom stereocenters. The third-order valence-electron chi connectivity index (χ3n) is 4.69. The van der Waals surface area contributed by atoms with Crippen molar-refractivity contribution in [2.24, 2.45) is 7.05 Å². The number of rotatable bonds is 7. The first-order valence-electron chi connectivity index (χ1n) is 8.78. The lowest BCUT2D eigenvalue weighted by molar-refractivity contribution is -0.0447. The van der Waals surface area contributed by atoms with E-state index in [4.69, 9.17) is 4.74 Å². The van der Waals surface area contributed by atoms with Gasteiger partial charge < -0.3 is 14.4 Å². The summed E-state index contributed by atoms with van der Waals surface area (Å²) < 4.78 is 7.97. The smallest absolute Gasteiger partial charge is 0.253 e. The van der Waals surface area contributed by atoms with Gasteiger partial charge in [-0.2, -0.15) is 0 Å². The lowest BCUT2D eigenvalue weighted by atomic mass is 9.93. The third kappa shape index (κ3) is 5.15. The number of pyridine rings is 1. The summed E-state index contributed by atoms with van der Waals surface area (Å²) in [5.74, 6) is -0.208. The molecule has 0 radical (unpaired) electrons. The molecule has 2 aromatic rings. The number of Topliss-reactive ketones (excluding diaryl/α,β-unsaturated/α-hetero) is 1. The van der Waals surface area contributed by atoms with E-state index >= 15 is 0 Å². The zero-order valence-electron chi connectivity index (χ0n) is 16.4. The molecule has 1 aromatic heterocycles. The van der Waals surface area contributed by atoms with E-state index in [0.717, 1.165) is 21.2 Å². The minimum absolute atomic E-state index is 0.118. The number of halogens is 1. The summed E-state index contributed by atoms with van der Waals surface area (Å²) in [6.07, 6.45) is 2.07. The van der Waals surface area contributed by atoms with Crippen molar-refractivity contribution in [1.82, 2.24) is 4.57 Å². The van der Waals surface area contributed by atoms with E-state index in [1.54, 1.807) is 34.0 Å². The molecule has 0 saturated carbocycles. The number of aromatic nitrogens is 1. The summed E-state index contributed by atoms with van der Waals surface area (Å²) in [7, 11) is 1.64. The predicted molar refractivity (Wildman–Crippen MR) is 110 cm³/mol. The van der Waals surface area contributed by atoms with Gasteiger partial charge in [0.05, 0.1) is 12.2 Å². The molecule has 1 aromatic carbocycles. The lowest BCUT2D eigenvalue weighted by Gasteiger charge is -2.22. The molecule has 146 valence electrons. The summed E-state index contributed by atoms with van der Waals surface area (Å²) in [5, 5.41) is 9.32. The zero-order chi connectivity index (χ0) is 20.4. The van der Waals surface area contributed by atoms with Crippen LogP contribution in [-0.4, -0.2) is 34.3 Å². The molecule has 27 heavy (non-hydrogen) atoms. The first-order chi connectivity index (χ1) is 12.6. The monoisotopic (exact) mass is 435 g/mol. The summed E-state index contributed by atoms with van der Waals surface area (Å²) in [5.41, 5.74) is 2.98. The van der Waals surface area contributed by atoms with Crippen molar-refractivity contribution in [1.29, 1.82) is 0 Å². The van der Waals surface area contributed by atoms with Crippen LogP contribution < -0.4 is 5.56 Å². The molecule has 0 aliphatic rings. The van der Waals surface area contributed by atoms with Crippen molar-refractivity contribution >= 4 is 21.7 Å². The van der Waals surface area contributed by atoms with E-state index in [0.29, 0.717) is 17.5 Å². The fraction of sp³-hybridized carbons (Fsp3) is 0.429. The number of ether oxygens (including phenoxy) is 1. The van der Waals surface area contributed by atoms with Crippen LogP contribution in [0, 0.1) is 13.8 Å². The van der Waals surface area contributed by atoms with Crippen molar-refractivity contribution in [2.45, 2.75) is 39.7 Å². The number of benzene rings is 1. The highest BCUT2D eigenvalue weighted by molar-refractivity contribution is 9.10. The summed E-state index contributed by atoms with van der Waals surface area (Å²) in [4.78, 5) is 25.3. The molecule has 0 bridgehead atoms. The van der Waals surface area contributed by atoms with Gasteiger partial charge in [-0.3, -0.25) is 9.59 Å². The van der Waals surface area contributed by atoms with Crippen LogP contribution in [0.3, 0.4) is 0 Å². The Labute approximate surface area is 168 Å².